The third-order valence-electron chi connectivity index (χ3n) is 2.28. The van der Waals surface area contributed by atoms with Gasteiger partial charge in [0.2, 0.25) is 0 Å². The summed E-state index contributed by atoms with van der Waals surface area (Å²) in [5.74, 6) is 1.33. The van der Waals surface area contributed by atoms with Gasteiger partial charge >= 0.3 is 6.09 Å². The molecule has 0 radical (unpaired) electrons. The Hall–Kier alpha value is -1.91. The molecule has 0 unspecified atom stereocenters. The van der Waals surface area contributed by atoms with E-state index in [0.717, 1.165) is 12.0 Å². The van der Waals surface area contributed by atoms with Gasteiger partial charge in [0.1, 0.15) is 0 Å². The van der Waals surface area contributed by atoms with Crippen LogP contribution in [0, 0.1) is 0 Å². The predicted molar refractivity (Wildman–Crippen MR) is 56.9 cm³/mol. The number of benzene rings is 1. The molecule has 0 aliphatic carbocycles. The van der Waals surface area contributed by atoms with Crippen LogP contribution in [-0.2, 0) is 6.54 Å². The van der Waals surface area contributed by atoms with Crippen LogP contribution in [0.3, 0.4) is 0 Å². The third kappa shape index (κ3) is 2.36. The van der Waals surface area contributed by atoms with Gasteiger partial charge in [0, 0.05) is 18.5 Å². The summed E-state index contributed by atoms with van der Waals surface area (Å²) in [6.07, 6.45) is -0.215. The van der Waals surface area contributed by atoms with Crippen molar-refractivity contribution >= 4 is 6.09 Å². The lowest BCUT2D eigenvalue weighted by molar-refractivity contribution is 0.193. The minimum atomic E-state index is -1.05. The zero-order valence-corrected chi connectivity index (χ0v) is 8.73. The number of hydrogen-bond acceptors (Lipinski definition) is 3. The van der Waals surface area contributed by atoms with Gasteiger partial charge in [0.15, 0.2) is 11.5 Å². The lowest BCUT2D eigenvalue weighted by atomic mass is 10.2. The van der Waals surface area contributed by atoms with Crippen molar-refractivity contribution in [3.8, 4) is 11.5 Å². The normalized spacial score (nSPS) is 14.0. The van der Waals surface area contributed by atoms with Gasteiger partial charge in [-0.25, -0.2) is 4.79 Å². The van der Waals surface area contributed by atoms with Gasteiger partial charge < -0.3 is 19.9 Å². The van der Waals surface area contributed by atoms with Crippen LogP contribution in [0.5, 0.6) is 11.5 Å². The van der Waals surface area contributed by atoms with Crippen LogP contribution in [0.15, 0.2) is 18.2 Å². The molecule has 1 aliphatic rings. The molecule has 0 spiro atoms. The Bertz CT molecular complexity index is 392. The summed E-state index contributed by atoms with van der Waals surface area (Å²) < 4.78 is 11.0. The molecule has 1 heterocycles. The first-order valence-electron chi connectivity index (χ1n) is 5.11. The summed E-state index contributed by atoms with van der Waals surface area (Å²) in [4.78, 5) is 10.4. The maximum absolute atomic E-state index is 10.4. The Labute approximate surface area is 93.0 Å². The van der Waals surface area contributed by atoms with Crippen LogP contribution in [0.4, 0.5) is 4.79 Å². The van der Waals surface area contributed by atoms with Crippen LogP contribution in [0.25, 0.3) is 0 Å². The van der Waals surface area contributed by atoms with E-state index in [0.29, 0.717) is 24.7 Å². The Kier molecular flexibility index (Phi) is 3.14. The molecule has 5 nitrogen and oxygen atoms in total. The Balaban J connectivity index is 2.20. The molecule has 0 saturated heterocycles. The molecule has 2 N–H and O–H groups in total. The molecular formula is C11H13NO4. The molecule has 1 amide bonds. The summed E-state index contributed by atoms with van der Waals surface area (Å²) >= 11 is 0. The van der Waals surface area contributed by atoms with E-state index in [9.17, 15) is 4.79 Å². The summed E-state index contributed by atoms with van der Waals surface area (Å²) in [6, 6.07) is 5.47. The van der Waals surface area contributed by atoms with Crippen molar-refractivity contribution in [2.45, 2.75) is 13.0 Å². The number of carboxylic acid groups (broad SMARTS) is 1. The van der Waals surface area contributed by atoms with Crippen molar-refractivity contribution in [2.75, 3.05) is 13.2 Å². The second kappa shape index (κ2) is 4.74. The maximum atomic E-state index is 10.4. The van der Waals surface area contributed by atoms with Gasteiger partial charge in [-0.2, -0.15) is 0 Å². The molecule has 1 aromatic carbocycles. The topological polar surface area (TPSA) is 67.8 Å². The Morgan fingerprint density at radius 3 is 3.00 bits per heavy atom. The van der Waals surface area contributed by atoms with E-state index in [1.54, 1.807) is 0 Å². The van der Waals surface area contributed by atoms with E-state index >= 15 is 0 Å². The minimum Gasteiger partial charge on any atom is -0.490 e. The number of hydrogen-bond donors (Lipinski definition) is 2. The van der Waals surface area contributed by atoms with Crippen molar-refractivity contribution in [3.63, 3.8) is 0 Å². The molecule has 0 bridgehead atoms. The van der Waals surface area contributed by atoms with Gasteiger partial charge in [0.25, 0.3) is 0 Å². The number of nitrogens with one attached hydrogen (secondary N) is 1. The summed E-state index contributed by atoms with van der Waals surface area (Å²) in [7, 11) is 0. The molecule has 5 heteroatoms. The van der Waals surface area contributed by atoms with E-state index in [4.69, 9.17) is 14.6 Å². The minimum absolute atomic E-state index is 0.224. The van der Waals surface area contributed by atoms with E-state index in [1.165, 1.54) is 0 Å². The first kappa shape index (κ1) is 10.6. The van der Waals surface area contributed by atoms with Crippen LogP contribution in [0.2, 0.25) is 0 Å². The van der Waals surface area contributed by atoms with Crippen LogP contribution >= 0.6 is 0 Å². The standard InChI is InChI=1S/C11H13NO4/c13-11(14)12-7-8-3-1-4-9-10(8)16-6-2-5-15-9/h1,3-4,12H,2,5-7H2,(H,13,14). The molecule has 0 fully saturated rings. The van der Waals surface area contributed by atoms with Crippen molar-refractivity contribution in [3.05, 3.63) is 23.8 Å². The fourth-order valence-electron chi connectivity index (χ4n) is 1.56. The highest BCUT2D eigenvalue weighted by Gasteiger charge is 2.14. The van der Waals surface area contributed by atoms with Crippen molar-refractivity contribution < 1.29 is 19.4 Å². The fraction of sp³-hybridized carbons (Fsp3) is 0.364. The van der Waals surface area contributed by atoms with Crippen molar-refractivity contribution in [1.82, 2.24) is 5.32 Å². The number of amides is 1. The molecule has 1 aromatic rings. The van der Waals surface area contributed by atoms with Gasteiger partial charge in [-0.1, -0.05) is 12.1 Å². The number of fused-ring (bicyclic) bond motifs is 1. The molecule has 0 aromatic heterocycles. The fourth-order valence-corrected chi connectivity index (χ4v) is 1.56. The lowest BCUT2D eigenvalue weighted by Gasteiger charge is -2.11. The van der Waals surface area contributed by atoms with Crippen LogP contribution in [-0.4, -0.2) is 24.4 Å². The Morgan fingerprint density at radius 1 is 1.38 bits per heavy atom. The highest BCUT2D eigenvalue weighted by molar-refractivity contribution is 5.64. The van der Waals surface area contributed by atoms with Gasteiger partial charge in [-0.3, -0.25) is 0 Å². The largest absolute Gasteiger partial charge is 0.490 e. The first-order chi connectivity index (χ1) is 7.77. The van der Waals surface area contributed by atoms with E-state index in [1.807, 2.05) is 18.2 Å². The summed E-state index contributed by atoms with van der Waals surface area (Å²) in [6.45, 7) is 1.45. The van der Waals surface area contributed by atoms with E-state index in [2.05, 4.69) is 5.32 Å². The zero-order valence-electron chi connectivity index (χ0n) is 8.73. The number of para-hydroxylation sites is 1. The smallest absolute Gasteiger partial charge is 0.404 e. The second-order valence-corrected chi connectivity index (χ2v) is 3.45. The molecule has 0 saturated carbocycles. The zero-order chi connectivity index (χ0) is 11.4. The van der Waals surface area contributed by atoms with Gasteiger partial charge in [-0.15, -0.1) is 0 Å². The maximum Gasteiger partial charge on any atom is 0.404 e. The van der Waals surface area contributed by atoms with Crippen molar-refractivity contribution in [1.29, 1.82) is 0 Å². The number of carbonyl (C=O) groups is 1. The molecule has 16 heavy (non-hydrogen) atoms. The molecule has 0 atom stereocenters. The Morgan fingerprint density at radius 2 is 2.19 bits per heavy atom. The molecule has 1 aliphatic heterocycles. The molecule has 86 valence electrons. The first-order valence-corrected chi connectivity index (χ1v) is 5.11. The summed E-state index contributed by atoms with van der Waals surface area (Å²) in [5, 5.41) is 10.9. The van der Waals surface area contributed by atoms with E-state index in [-0.39, 0.29) is 6.54 Å². The quantitative estimate of drug-likeness (QED) is 0.799. The van der Waals surface area contributed by atoms with Gasteiger partial charge in [-0.05, 0) is 6.07 Å². The molecular weight excluding hydrogens is 210 g/mol. The lowest BCUT2D eigenvalue weighted by Crippen LogP contribution is -2.20. The van der Waals surface area contributed by atoms with Crippen LogP contribution in [0.1, 0.15) is 12.0 Å². The average molecular weight is 223 g/mol. The van der Waals surface area contributed by atoms with Gasteiger partial charge in [0.05, 0.1) is 13.2 Å². The van der Waals surface area contributed by atoms with Crippen LogP contribution < -0.4 is 14.8 Å². The highest BCUT2D eigenvalue weighted by atomic mass is 16.5. The van der Waals surface area contributed by atoms with E-state index < -0.39 is 6.09 Å². The monoisotopic (exact) mass is 223 g/mol. The number of rotatable bonds is 2. The second-order valence-electron chi connectivity index (χ2n) is 3.45. The predicted octanol–water partition coefficient (Wildman–Crippen LogP) is 1.62. The molecule has 2 rings (SSSR count). The SMILES string of the molecule is O=C(O)NCc1cccc2c1OCCCO2. The number of ether oxygens (including phenoxy) is 2. The van der Waals surface area contributed by atoms with Crippen molar-refractivity contribution in [2.24, 2.45) is 0 Å². The average Bonchev–Trinajstić information content (AvgIpc) is 2.51. The third-order valence-corrected chi connectivity index (χ3v) is 2.28. The highest BCUT2D eigenvalue weighted by Crippen LogP contribution is 2.32. The summed E-state index contributed by atoms with van der Waals surface area (Å²) in [5.41, 5.74) is 0.793.